The molecule has 0 aliphatic heterocycles. The van der Waals surface area contributed by atoms with Crippen molar-refractivity contribution in [2.75, 3.05) is 0 Å². The summed E-state index contributed by atoms with van der Waals surface area (Å²) in [5.74, 6) is -0.608. The Bertz CT molecular complexity index is 1130. The number of carbonyl (C=O) groups is 1. The summed E-state index contributed by atoms with van der Waals surface area (Å²) in [6, 6.07) is 12.6. The minimum absolute atomic E-state index is 0.0372. The number of hydrogen-bond donors (Lipinski definition) is 1. The molecule has 0 fully saturated rings. The highest BCUT2D eigenvalue weighted by atomic mass is 32.2. The van der Waals surface area contributed by atoms with E-state index in [2.05, 4.69) is 0 Å². The monoisotopic (exact) mass is 422 g/mol. The van der Waals surface area contributed by atoms with Gasteiger partial charge in [-0.05, 0) is 25.1 Å². The fraction of sp³-hybridized carbons (Fsp3) is 0.100. The summed E-state index contributed by atoms with van der Waals surface area (Å²) < 4.78 is 39.4. The van der Waals surface area contributed by atoms with E-state index in [0.717, 1.165) is 35.2 Å². The zero-order valence-corrected chi connectivity index (χ0v) is 16.0. The number of Topliss-reactive ketones (excluding diaryl/α,β-unsaturated/α-hetero) is 1. The molecule has 1 N–H and O–H groups in total. The van der Waals surface area contributed by atoms with Gasteiger partial charge in [-0.3, -0.25) is 9.59 Å². The van der Waals surface area contributed by atoms with Crippen molar-refractivity contribution in [3.63, 3.8) is 0 Å². The molecule has 0 saturated heterocycles. The molecule has 0 atom stereocenters. The Kier molecular flexibility index (Phi) is 5.62. The first-order chi connectivity index (χ1) is 13.2. The van der Waals surface area contributed by atoms with Crippen molar-refractivity contribution in [3.05, 3.63) is 80.9 Å². The SMILES string of the molecule is CC(=O)/C(Sc1cc(=O)c2cc(C(F)(F)F)ccc2s1)=C(/O)c1ccccc1. The highest BCUT2D eigenvalue weighted by molar-refractivity contribution is 8.05. The maximum Gasteiger partial charge on any atom is 0.416 e. The Balaban J connectivity index is 2.06. The van der Waals surface area contributed by atoms with Gasteiger partial charge in [0, 0.05) is 21.7 Å². The van der Waals surface area contributed by atoms with E-state index < -0.39 is 23.0 Å². The predicted molar refractivity (Wildman–Crippen MR) is 106 cm³/mol. The van der Waals surface area contributed by atoms with Crippen LogP contribution in [0.25, 0.3) is 15.8 Å². The summed E-state index contributed by atoms with van der Waals surface area (Å²) >= 11 is 1.99. The Labute approximate surface area is 166 Å². The van der Waals surface area contributed by atoms with E-state index in [0.29, 0.717) is 14.5 Å². The average Bonchev–Trinajstić information content (AvgIpc) is 2.65. The van der Waals surface area contributed by atoms with Crippen molar-refractivity contribution in [2.24, 2.45) is 0 Å². The minimum Gasteiger partial charge on any atom is -0.506 e. The van der Waals surface area contributed by atoms with Crippen LogP contribution >= 0.6 is 23.1 Å². The van der Waals surface area contributed by atoms with Crippen LogP contribution in [0.15, 0.2) is 68.5 Å². The standard InChI is InChI=1S/C20H13F3O3S2/c1-11(24)19(18(26)12-5-3-2-4-6-12)28-17-10-15(25)14-9-13(20(21,22)23)7-8-16(14)27-17/h2-10,26H,1H3/b19-18-. The van der Waals surface area contributed by atoms with Crippen LogP contribution in [0.3, 0.4) is 0 Å². The molecule has 28 heavy (non-hydrogen) atoms. The Hall–Kier alpha value is -2.58. The molecule has 0 bridgehead atoms. The Morgan fingerprint density at radius 1 is 1.07 bits per heavy atom. The maximum absolute atomic E-state index is 12.9. The lowest BCUT2D eigenvalue weighted by molar-refractivity contribution is -0.137. The molecule has 1 heterocycles. The number of carbonyl (C=O) groups excluding carboxylic acids is 1. The molecule has 3 nitrogen and oxygen atoms in total. The van der Waals surface area contributed by atoms with Crippen LogP contribution in [-0.2, 0) is 11.0 Å². The molecule has 0 amide bonds. The number of fused-ring (bicyclic) bond motifs is 1. The van der Waals surface area contributed by atoms with Gasteiger partial charge in [-0.25, -0.2) is 0 Å². The fourth-order valence-electron chi connectivity index (χ4n) is 2.48. The van der Waals surface area contributed by atoms with E-state index in [1.807, 2.05) is 0 Å². The second-order valence-corrected chi connectivity index (χ2v) is 8.23. The lowest BCUT2D eigenvalue weighted by atomic mass is 10.1. The van der Waals surface area contributed by atoms with Gasteiger partial charge in [0.15, 0.2) is 11.2 Å². The van der Waals surface area contributed by atoms with Gasteiger partial charge in [-0.1, -0.05) is 42.1 Å². The summed E-state index contributed by atoms with van der Waals surface area (Å²) in [4.78, 5) is 24.4. The molecule has 0 aliphatic rings. The van der Waals surface area contributed by atoms with Gasteiger partial charge < -0.3 is 5.11 Å². The van der Waals surface area contributed by atoms with Gasteiger partial charge in [-0.15, -0.1) is 11.3 Å². The third-order valence-corrected chi connectivity index (χ3v) is 6.22. The van der Waals surface area contributed by atoms with Crippen LogP contribution in [0.2, 0.25) is 0 Å². The lowest BCUT2D eigenvalue weighted by Gasteiger charge is -2.10. The second kappa shape index (κ2) is 7.81. The molecule has 0 radical (unpaired) electrons. The van der Waals surface area contributed by atoms with E-state index in [1.54, 1.807) is 30.3 Å². The molecule has 2 aromatic carbocycles. The van der Waals surface area contributed by atoms with E-state index in [9.17, 15) is 27.9 Å². The number of alkyl halides is 3. The first kappa shape index (κ1) is 20.2. The fourth-order valence-corrected chi connectivity index (χ4v) is 4.68. The summed E-state index contributed by atoms with van der Waals surface area (Å²) in [6.07, 6.45) is -4.54. The molecular formula is C20H13F3O3S2. The van der Waals surface area contributed by atoms with Crippen molar-refractivity contribution in [3.8, 4) is 0 Å². The third-order valence-electron chi connectivity index (χ3n) is 3.82. The minimum atomic E-state index is -4.54. The number of aliphatic hydroxyl groups is 1. The van der Waals surface area contributed by atoms with Gasteiger partial charge >= 0.3 is 6.18 Å². The van der Waals surface area contributed by atoms with Gasteiger partial charge in [0.2, 0.25) is 0 Å². The van der Waals surface area contributed by atoms with E-state index >= 15 is 0 Å². The lowest BCUT2D eigenvalue weighted by Crippen LogP contribution is -2.07. The number of aliphatic hydroxyl groups excluding tert-OH is 1. The molecule has 3 rings (SSSR count). The molecule has 1 aromatic heterocycles. The maximum atomic E-state index is 12.9. The molecule has 0 saturated carbocycles. The van der Waals surface area contributed by atoms with E-state index in [4.69, 9.17) is 0 Å². The van der Waals surface area contributed by atoms with Crippen molar-refractivity contribution in [1.29, 1.82) is 0 Å². The highest BCUT2D eigenvalue weighted by Crippen LogP contribution is 2.37. The second-order valence-electron chi connectivity index (χ2n) is 5.84. The van der Waals surface area contributed by atoms with Crippen molar-refractivity contribution in [1.82, 2.24) is 0 Å². The molecule has 0 unspecified atom stereocenters. The normalized spacial score (nSPS) is 12.7. The zero-order chi connectivity index (χ0) is 20.5. The van der Waals surface area contributed by atoms with Gasteiger partial charge in [0.05, 0.1) is 14.7 Å². The van der Waals surface area contributed by atoms with Crippen LogP contribution < -0.4 is 5.43 Å². The summed E-state index contributed by atoms with van der Waals surface area (Å²) in [5, 5.41) is 10.4. The van der Waals surface area contributed by atoms with Gasteiger partial charge in [0.25, 0.3) is 0 Å². The van der Waals surface area contributed by atoms with Gasteiger partial charge in [-0.2, -0.15) is 13.2 Å². The van der Waals surface area contributed by atoms with Crippen molar-refractivity contribution >= 4 is 44.7 Å². The van der Waals surface area contributed by atoms with Crippen LogP contribution in [0.5, 0.6) is 0 Å². The molecule has 0 aliphatic carbocycles. The largest absolute Gasteiger partial charge is 0.506 e. The van der Waals surface area contributed by atoms with Crippen LogP contribution in [0.1, 0.15) is 18.1 Å². The summed E-state index contributed by atoms with van der Waals surface area (Å²) in [7, 11) is 0. The summed E-state index contributed by atoms with van der Waals surface area (Å²) in [6.45, 7) is 1.29. The Morgan fingerprint density at radius 3 is 2.36 bits per heavy atom. The van der Waals surface area contributed by atoms with E-state index in [-0.39, 0.29) is 16.1 Å². The summed E-state index contributed by atoms with van der Waals surface area (Å²) in [5.41, 5.74) is -1.02. The van der Waals surface area contributed by atoms with Crippen molar-refractivity contribution < 1.29 is 23.1 Å². The van der Waals surface area contributed by atoms with Gasteiger partial charge in [0.1, 0.15) is 5.76 Å². The van der Waals surface area contributed by atoms with Crippen LogP contribution in [-0.4, -0.2) is 10.9 Å². The number of halogens is 3. The number of benzene rings is 2. The average molecular weight is 422 g/mol. The molecule has 3 aromatic rings. The third kappa shape index (κ3) is 4.28. The van der Waals surface area contributed by atoms with Crippen molar-refractivity contribution in [2.45, 2.75) is 17.3 Å². The van der Waals surface area contributed by atoms with E-state index in [1.165, 1.54) is 19.1 Å². The number of ketones is 1. The van der Waals surface area contributed by atoms with Crippen LogP contribution in [0, 0.1) is 0 Å². The predicted octanol–water partition coefficient (Wildman–Crippen LogP) is 5.89. The quantitative estimate of drug-likeness (QED) is 0.324. The zero-order valence-electron chi connectivity index (χ0n) is 14.4. The number of allylic oxidation sites excluding steroid dienone is 1. The number of thioether (sulfide) groups is 1. The molecule has 8 heteroatoms. The highest BCUT2D eigenvalue weighted by Gasteiger charge is 2.30. The smallest absolute Gasteiger partial charge is 0.416 e. The molecular weight excluding hydrogens is 409 g/mol. The number of hydrogen-bond acceptors (Lipinski definition) is 5. The molecule has 144 valence electrons. The van der Waals surface area contributed by atoms with Crippen LogP contribution in [0.4, 0.5) is 13.2 Å². The first-order valence-electron chi connectivity index (χ1n) is 7.99. The topological polar surface area (TPSA) is 54.4 Å². The first-order valence-corrected chi connectivity index (χ1v) is 9.62. The number of rotatable bonds is 4. The molecule has 0 spiro atoms. The Morgan fingerprint density at radius 2 is 1.75 bits per heavy atom.